The van der Waals surface area contributed by atoms with E-state index in [1.165, 1.54) is 50.8 Å². The van der Waals surface area contributed by atoms with Crippen molar-refractivity contribution in [1.82, 2.24) is 4.90 Å². The quantitative estimate of drug-likeness (QED) is 0.686. The minimum Gasteiger partial charge on any atom is -0.329 e. The van der Waals surface area contributed by atoms with E-state index in [0.29, 0.717) is 12.1 Å². The average molecular weight is 273 g/mol. The van der Waals surface area contributed by atoms with E-state index in [1.807, 2.05) is 0 Å². The second-order valence-corrected chi connectivity index (χ2v) is 7.13. The van der Waals surface area contributed by atoms with Gasteiger partial charge in [0.1, 0.15) is 0 Å². The van der Waals surface area contributed by atoms with Crippen molar-refractivity contribution in [2.75, 3.05) is 18.8 Å². The highest BCUT2D eigenvalue weighted by molar-refractivity contribution is 8.00. The summed E-state index contributed by atoms with van der Waals surface area (Å²) in [6.07, 6.45) is 8.15. The van der Waals surface area contributed by atoms with Crippen molar-refractivity contribution in [2.24, 2.45) is 5.73 Å². The zero-order valence-corrected chi connectivity index (χ0v) is 13.3. The molecule has 3 atom stereocenters. The van der Waals surface area contributed by atoms with Crippen LogP contribution in [-0.2, 0) is 0 Å². The Balaban J connectivity index is 2.30. The second kappa shape index (κ2) is 9.22. The Morgan fingerprint density at radius 1 is 1.22 bits per heavy atom. The summed E-state index contributed by atoms with van der Waals surface area (Å²) in [5, 5.41) is 0.757. The van der Waals surface area contributed by atoms with E-state index in [-0.39, 0.29) is 0 Å². The molecule has 2 nitrogen and oxygen atoms in total. The predicted molar refractivity (Wildman–Crippen MR) is 84.3 cm³/mol. The van der Waals surface area contributed by atoms with Crippen LogP contribution in [0.5, 0.6) is 0 Å². The SMILES string of the molecule is CCCCCCCC(CN)N1CCSC(C)C1C. The maximum Gasteiger partial charge on any atom is 0.0222 e. The first kappa shape index (κ1) is 16.3. The van der Waals surface area contributed by atoms with E-state index in [2.05, 4.69) is 37.4 Å². The standard InChI is InChI=1S/C15H32N2S/c1-4-5-6-7-8-9-15(12-16)17-10-11-18-14(3)13(17)2/h13-15H,4-12,16H2,1-3H3. The number of hydrogen-bond donors (Lipinski definition) is 1. The van der Waals surface area contributed by atoms with Crippen LogP contribution in [0.4, 0.5) is 0 Å². The van der Waals surface area contributed by atoms with E-state index in [1.54, 1.807) is 0 Å². The van der Waals surface area contributed by atoms with Gasteiger partial charge in [-0.15, -0.1) is 0 Å². The molecule has 2 N–H and O–H groups in total. The van der Waals surface area contributed by atoms with Crippen molar-refractivity contribution in [3.63, 3.8) is 0 Å². The van der Waals surface area contributed by atoms with Crippen LogP contribution in [0, 0.1) is 0 Å². The minimum atomic E-state index is 0.616. The first-order chi connectivity index (χ1) is 8.70. The van der Waals surface area contributed by atoms with E-state index >= 15 is 0 Å². The number of hydrogen-bond acceptors (Lipinski definition) is 3. The van der Waals surface area contributed by atoms with Gasteiger partial charge in [0.25, 0.3) is 0 Å². The van der Waals surface area contributed by atoms with Crippen molar-refractivity contribution >= 4 is 11.8 Å². The van der Waals surface area contributed by atoms with Gasteiger partial charge in [-0.2, -0.15) is 11.8 Å². The van der Waals surface area contributed by atoms with Crippen molar-refractivity contribution < 1.29 is 0 Å². The molecule has 0 bridgehead atoms. The van der Waals surface area contributed by atoms with Gasteiger partial charge in [0.2, 0.25) is 0 Å². The molecule has 1 aliphatic heterocycles. The summed E-state index contributed by atoms with van der Waals surface area (Å²) in [4.78, 5) is 2.67. The molecule has 1 aliphatic rings. The van der Waals surface area contributed by atoms with Crippen LogP contribution in [0.3, 0.4) is 0 Å². The first-order valence-electron chi connectivity index (χ1n) is 7.78. The minimum absolute atomic E-state index is 0.616. The molecule has 0 aromatic carbocycles. The van der Waals surface area contributed by atoms with Crippen molar-refractivity contribution in [3.8, 4) is 0 Å². The van der Waals surface area contributed by atoms with Gasteiger partial charge in [-0.3, -0.25) is 4.90 Å². The van der Waals surface area contributed by atoms with Crippen LogP contribution in [0.25, 0.3) is 0 Å². The van der Waals surface area contributed by atoms with Crippen molar-refractivity contribution in [3.05, 3.63) is 0 Å². The third-order valence-electron chi connectivity index (χ3n) is 4.31. The Hall–Kier alpha value is 0.270. The molecule has 1 heterocycles. The largest absolute Gasteiger partial charge is 0.329 e. The van der Waals surface area contributed by atoms with E-state index < -0.39 is 0 Å². The van der Waals surface area contributed by atoms with Crippen LogP contribution in [0.1, 0.15) is 59.3 Å². The van der Waals surface area contributed by atoms with Gasteiger partial charge in [-0.25, -0.2) is 0 Å². The molecule has 3 heteroatoms. The van der Waals surface area contributed by atoms with Crippen LogP contribution >= 0.6 is 11.8 Å². The maximum atomic E-state index is 6.00. The van der Waals surface area contributed by atoms with Gasteiger partial charge < -0.3 is 5.73 Å². The molecule has 0 aliphatic carbocycles. The number of nitrogens with two attached hydrogens (primary N) is 1. The van der Waals surface area contributed by atoms with Crippen molar-refractivity contribution in [2.45, 2.75) is 76.6 Å². The van der Waals surface area contributed by atoms with Gasteiger partial charge in [0, 0.05) is 36.2 Å². The van der Waals surface area contributed by atoms with E-state index in [4.69, 9.17) is 5.73 Å². The third kappa shape index (κ3) is 5.10. The zero-order chi connectivity index (χ0) is 13.4. The smallest absolute Gasteiger partial charge is 0.0222 e. The Morgan fingerprint density at radius 2 is 1.94 bits per heavy atom. The fourth-order valence-electron chi connectivity index (χ4n) is 2.87. The van der Waals surface area contributed by atoms with Gasteiger partial charge in [0.05, 0.1) is 0 Å². The van der Waals surface area contributed by atoms with Crippen LogP contribution < -0.4 is 5.73 Å². The summed E-state index contributed by atoms with van der Waals surface area (Å²) in [5.41, 5.74) is 6.00. The predicted octanol–water partition coefficient (Wildman–Crippen LogP) is 3.50. The molecular weight excluding hydrogens is 240 g/mol. The lowest BCUT2D eigenvalue weighted by Gasteiger charge is -2.42. The molecule has 108 valence electrons. The summed E-state index contributed by atoms with van der Waals surface area (Å²) in [6.45, 7) is 9.06. The summed E-state index contributed by atoms with van der Waals surface area (Å²) in [7, 11) is 0. The lowest BCUT2D eigenvalue weighted by Crippen LogP contribution is -2.52. The average Bonchev–Trinajstić information content (AvgIpc) is 2.38. The van der Waals surface area contributed by atoms with Crippen molar-refractivity contribution in [1.29, 1.82) is 0 Å². The Kier molecular flexibility index (Phi) is 8.36. The molecule has 0 spiro atoms. The molecule has 3 unspecified atom stereocenters. The molecule has 1 saturated heterocycles. The van der Waals surface area contributed by atoms with Gasteiger partial charge in [0.15, 0.2) is 0 Å². The second-order valence-electron chi connectivity index (χ2n) is 5.65. The molecule has 1 rings (SSSR count). The Labute approximate surface area is 118 Å². The highest BCUT2D eigenvalue weighted by atomic mass is 32.2. The number of rotatable bonds is 8. The molecule has 0 aromatic heterocycles. The molecule has 0 saturated carbocycles. The maximum absolute atomic E-state index is 6.00. The summed E-state index contributed by atoms with van der Waals surface area (Å²) in [5.74, 6) is 1.28. The fourth-order valence-corrected chi connectivity index (χ4v) is 4.00. The molecule has 0 amide bonds. The monoisotopic (exact) mass is 272 g/mol. The van der Waals surface area contributed by atoms with E-state index in [0.717, 1.165) is 11.8 Å². The highest BCUT2D eigenvalue weighted by Crippen LogP contribution is 2.27. The Morgan fingerprint density at radius 3 is 2.61 bits per heavy atom. The van der Waals surface area contributed by atoms with Crippen LogP contribution in [0.2, 0.25) is 0 Å². The lowest BCUT2D eigenvalue weighted by atomic mass is 10.0. The highest BCUT2D eigenvalue weighted by Gasteiger charge is 2.29. The normalized spacial score (nSPS) is 27.3. The van der Waals surface area contributed by atoms with E-state index in [9.17, 15) is 0 Å². The molecular formula is C15H32N2S. The van der Waals surface area contributed by atoms with Gasteiger partial charge in [-0.1, -0.05) is 46.0 Å². The first-order valence-corrected chi connectivity index (χ1v) is 8.83. The van der Waals surface area contributed by atoms with Crippen LogP contribution in [-0.4, -0.2) is 41.1 Å². The number of unbranched alkanes of at least 4 members (excludes halogenated alkanes) is 4. The molecule has 0 radical (unpaired) electrons. The summed E-state index contributed by atoms with van der Waals surface area (Å²) in [6, 6.07) is 1.30. The summed E-state index contributed by atoms with van der Waals surface area (Å²) >= 11 is 2.11. The van der Waals surface area contributed by atoms with Gasteiger partial charge in [-0.05, 0) is 13.3 Å². The fraction of sp³-hybridized carbons (Fsp3) is 1.00. The molecule has 0 aromatic rings. The lowest BCUT2D eigenvalue weighted by molar-refractivity contribution is 0.140. The topological polar surface area (TPSA) is 29.3 Å². The van der Waals surface area contributed by atoms with Crippen LogP contribution in [0.15, 0.2) is 0 Å². The molecule has 18 heavy (non-hydrogen) atoms. The Bertz CT molecular complexity index is 211. The number of thioether (sulfide) groups is 1. The zero-order valence-electron chi connectivity index (χ0n) is 12.5. The third-order valence-corrected chi connectivity index (χ3v) is 5.65. The molecule has 1 fully saturated rings. The number of nitrogens with zero attached hydrogens (tertiary/aromatic N) is 1. The van der Waals surface area contributed by atoms with Gasteiger partial charge >= 0.3 is 0 Å². The summed E-state index contributed by atoms with van der Waals surface area (Å²) < 4.78 is 0.